The predicted molar refractivity (Wildman–Crippen MR) is 107 cm³/mol. The van der Waals surface area contributed by atoms with Gasteiger partial charge in [-0.25, -0.2) is 4.39 Å². The van der Waals surface area contributed by atoms with Gasteiger partial charge in [0.05, 0.1) is 6.10 Å². The first-order chi connectivity index (χ1) is 13.0. The number of carbonyl (C=O) groups excluding carboxylic acids is 1. The van der Waals surface area contributed by atoms with Crippen LogP contribution in [0.15, 0.2) is 49.0 Å². The Balaban J connectivity index is 1.56. The molecule has 142 valence electrons. The largest absolute Gasteiger partial charge is 0.490 e. The van der Waals surface area contributed by atoms with Crippen LogP contribution in [0.2, 0.25) is 0 Å². The zero-order chi connectivity index (χ0) is 19.4. The fraction of sp³-hybridized carbons (Fsp3) is 0.348. The van der Waals surface area contributed by atoms with Crippen LogP contribution in [0.1, 0.15) is 36.8 Å². The van der Waals surface area contributed by atoms with E-state index in [2.05, 4.69) is 6.58 Å². The maximum absolute atomic E-state index is 13.0. The van der Waals surface area contributed by atoms with Crippen molar-refractivity contribution in [3.63, 3.8) is 0 Å². The van der Waals surface area contributed by atoms with Crippen LogP contribution in [-0.2, 0) is 4.79 Å². The number of ether oxygens (including phenoxy) is 1. The lowest BCUT2D eigenvalue weighted by Crippen LogP contribution is -2.36. The molecule has 3 nitrogen and oxygen atoms in total. The fourth-order valence-corrected chi connectivity index (χ4v) is 3.63. The molecule has 3 rings (SSSR count). The Hall–Kier alpha value is -2.62. The monoisotopic (exact) mass is 367 g/mol. The molecule has 0 N–H and O–H groups in total. The molecule has 1 aliphatic rings. The van der Waals surface area contributed by atoms with Crippen LogP contribution in [0.5, 0.6) is 5.75 Å². The Morgan fingerprint density at radius 3 is 2.41 bits per heavy atom. The smallest absolute Gasteiger partial charge is 0.229 e. The second-order valence-electron chi connectivity index (χ2n) is 7.19. The quantitative estimate of drug-likeness (QED) is 0.710. The van der Waals surface area contributed by atoms with Crippen molar-refractivity contribution in [2.24, 2.45) is 5.92 Å². The van der Waals surface area contributed by atoms with Crippen molar-refractivity contribution in [3.05, 3.63) is 66.0 Å². The first-order valence-electron chi connectivity index (χ1n) is 9.41. The van der Waals surface area contributed by atoms with Crippen molar-refractivity contribution in [2.75, 3.05) is 11.9 Å². The molecule has 0 aromatic heterocycles. The molecule has 4 heteroatoms. The number of nitrogens with zero attached hydrogens (tertiary/aromatic N) is 1. The van der Waals surface area contributed by atoms with Gasteiger partial charge in [-0.15, -0.1) is 0 Å². The molecule has 1 saturated carbocycles. The van der Waals surface area contributed by atoms with Crippen LogP contribution in [-0.4, -0.2) is 19.1 Å². The Kier molecular flexibility index (Phi) is 5.94. The summed E-state index contributed by atoms with van der Waals surface area (Å²) in [6.45, 7) is 5.83. The van der Waals surface area contributed by atoms with Crippen molar-refractivity contribution in [1.29, 1.82) is 0 Å². The zero-order valence-corrected chi connectivity index (χ0v) is 16.0. The van der Waals surface area contributed by atoms with Gasteiger partial charge in [-0.2, -0.15) is 0 Å². The second kappa shape index (κ2) is 8.38. The highest BCUT2D eigenvalue weighted by Gasteiger charge is 2.29. The summed E-state index contributed by atoms with van der Waals surface area (Å²) in [6.07, 6.45) is 5.17. The third-order valence-electron chi connectivity index (χ3n) is 5.33. The van der Waals surface area contributed by atoms with E-state index in [1.165, 1.54) is 12.1 Å². The highest BCUT2D eigenvalue weighted by atomic mass is 19.1. The number of rotatable bonds is 5. The van der Waals surface area contributed by atoms with E-state index in [-0.39, 0.29) is 23.7 Å². The van der Waals surface area contributed by atoms with E-state index in [4.69, 9.17) is 4.74 Å². The average Bonchev–Trinajstić information content (AvgIpc) is 2.69. The Morgan fingerprint density at radius 2 is 1.81 bits per heavy atom. The van der Waals surface area contributed by atoms with Crippen molar-refractivity contribution >= 4 is 17.7 Å². The van der Waals surface area contributed by atoms with Gasteiger partial charge in [0.25, 0.3) is 0 Å². The Bertz CT molecular complexity index is 808. The molecule has 0 saturated heterocycles. The van der Waals surface area contributed by atoms with Gasteiger partial charge in [-0.05, 0) is 80.1 Å². The lowest BCUT2D eigenvalue weighted by atomic mass is 9.86. The molecule has 1 fully saturated rings. The number of halogens is 1. The average molecular weight is 367 g/mol. The number of benzene rings is 2. The lowest BCUT2D eigenvalue weighted by Gasteiger charge is -2.31. The standard InChI is InChI=1S/C23H26FNO2/c1-4-17-5-10-20(15-16(17)2)25(3)23(26)18-6-11-21(12-7-18)27-22-13-8-19(24)9-14-22/h4-5,8-10,13-15,18,21H,1,6-7,11-12H2,2-3H3. The van der Waals surface area contributed by atoms with Crippen LogP contribution in [0.3, 0.4) is 0 Å². The molecule has 1 aliphatic carbocycles. The molecular weight excluding hydrogens is 341 g/mol. The van der Waals surface area contributed by atoms with Gasteiger partial charge in [-0.3, -0.25) is 4.79 Å². The molecule has 0 radical (unpaired) electrons. The number of hydrogen-bond acceptors (Lipinski definition) is 2. The molecule has 2 aromatic carbocycles. The van der Waals surface area contributed by atoms with Crippen LogP contribution < -0.4 is 9.64 Å². The lowest BCUT2D eigenvalue weighted by molar-refractivity contribution is -0.123. The molecule has 0 heterocycles. The van der Waals surface area contributed by atoms with E-state index in [1.807, 2.05) is 38.2 Å². The number of aryl methyl sites for hydroxylation is 1. The van der Waals surface area contributed by atoms with Crippen LogP contribution in [0.25, 0.3) is 6.08 Å². The predicted octanol–water partition coefficient (Wildman–Crippen LogP) is 5.38. The van der Waals surface area contributed by atoms with Gasteiger partial charge in [0.15, 0.2) is 0 Å². The van der Waals surface area contributed by atoms with Gasteiger partial charge in [0, 0.05) is 18.7 Å². The van der Waals surface area contributed by atoms with Crippen LogP contribution >= 0.6 is 0 Å². The highest BCUT2D eigenvalue weighted by Crippen LogP contribution is 2.30. The number of carbonyl (C=O) groups is 1. The van der Waals surface area contributed by atoms with Crippen molar-refractivity contribution in [2.45, 2.75) is 38.7 Å². The van der Waals surface area contributed by atoms with E-state index in [9.17, 15) is 9.18 Å². The van der Waals surface area contributed by atoms with Gasteiger partial charge in [-0.1, -0.05) is 18.7 Å². The molecule has 0 unspecified atom stereocenters. The maximum Gasteiger partial charge on any atom is 0.229 e. The molecule has 0 bridgehead atoms. The van der Waals surface area contributed by atoms with E-state index >= 15 is 0 Å². The molecule has 0 spiro atoms. The number of amides is 1. The molecule has 1 amide bonds. The van der Waals surface area contributed by atoms with E-state index < -0.39 is 0 Å². The molecule has 27 heavy (non-hydrogen) atoms. The maximum atomic E-state index is 13.0. The van der Waals surface area contributed by atoms with Gasteiger partial charge in [0.1, 0.15) is 11.6 Å². The Labute approximate surface area is 160 Å². The first-order valence-corrected chi connectivity index (χ1v) is 9.41. The third kappa shape index (κ3) is 4.57. The van der Waals surface area contributed by atoms with Crippen LogP contribution in [0, 0.1) is 18.7 Å². The normalized spacial score (nSPS) is 19.4. The molecule has 0 aliphatic heterocycles. The minimum absolute atomic E-state index is 0.0162. The van der Waals surface area contributed by atoms with E-state index in [0.717, 1.165) is 42.5 Å². The summed E-state index contributed by atoms with van der Waals surface area (Å²) in [6, 6.07) is 12.1. The minimum Gasteiger partial charge on any atom is -0.490 e. The van der Waals surface area contributed by atoms with Gasteiger partial charge >= 0.3 is 0 Å². The summed E-state index contributed by atoms with van der Waals surface area (Å²) in [4.78, 5) is 14.6. The van der Waals surface area contributed by atoms with Crippen molar-refractivity contribution in [3.8, 4) is 5.75 Å². The summed E-state index contributed by atoms with van der Waals surface area (Å²) >= 11 is 0. The SMILES string of the molecule is C=Cc1ccc(N(C)C(=O)C2CCC(Oc3ccc(F)cc3)CC2)cc1C. The fourth-order valence-electron chi connectivity index (χ4n) is 3.63. The third-order valence-corrected chi connectivity index (χ3v) is 5.33. The van der Waals surface area contributed by atoms with E-state index in [1.54, 1.807) is 17.0 Å². The van der Waals surface area contributed by atoms with Gasteiger partial charge in [0.2, 0.25) is 5.91 Å². The Morgan fingerprint density at radius 1 is 1.15 bits per heavy atom. The van der Waals surface area contributed by atoms with E-state index in [0.29, 0.717) is 5.75 Å². The van der Waals surface area contributed by atoms with Gasteiger partial charge < -0.3 is 9.64 Å². The topological polar surface area (TPSA) is 29.5 Å². The summed E-state index contributed by atoms with van der Waals surface area (Å²) in [5.41, 5.74) is 3.10. The van der Waals surface area contributed by atoms with Crippen molar-refractivity contribution in [1.82, 2.24) is 0 Å². The van der Waals surface area contributed by atoms with Crippen molar-refractivity contribution < 1.29 is 13.9 Å². The first kappa shape index (κ1) is 19.2. The summed E-state index contributed by atoms with van der Waals surface area (Å²) in [5, 5.41) is 0. The highest BCUT2D eigenvalue weighted by molar-refractivity contribution is 5.94. The summed E-state index contributed by atoms with van der Waals surface area (Å²) in [7, 11) is 1.84. The molecule has 2 aromatic rings. The van der Waals surface area contributed by atoms with Crippen LogP contribution in [0.4, 0.5) is 10.1 Å². The number of hydrogen-bond donors (Lipinski definition) is 0. The summed E-state index contributed by atoms with van der Waals surface area (Å²) in [5.74, 6) is 0.584. The minimum atomic E-state index is -0.268. The zero-order valence-electron chi connectivity index (χ0n) is 16.0. The number of anilines is 1. The second-order valence-corrected chi connectivity index (χ2v) is 7.19. The molecular formula is C23H26FNO2. The molecule has 0 atom stereocenters. The summed E-state index contributed by atoms with van der Waals surface area (Å²) < 4.78 is 18.9.